The first-order chi connectivity index (χ1) is 12.5. The van der Waals surface area contributed by atoms with Gasteiger partial charge in [0.15, 0.2) is 10.9 Å². The molecule has 1 amide bonds. The second-order valence-electron chi connectivity index (χ2n) is 5.68. The molecular weight excluding hydrogens is 419 g/mol. The predicted molar refractivity (Wildman–Crippen MR) is 104 cm³/mol. The molecule has 0 atom stereocenters. The average Bonchev–Trinajstić information content (AvgIpc) is 3.18. The van der Waals surface area contributed by atoms with Crippen LogP contribution in [-0.4, -0.2) is 10.9 Å². The van der Waals surface area contributed by atoms with Crippen molar-refractivity contribution in [2.24, 2.45) is 0 Å². The van der Waals surface area contributed by atoms with Gasteiger partial charge in [0.1, 0.15) is 11.4 Å². The van der Waals surface area contributed by atoms with Gasteiger partial charge in [-0.25, -0.2) is 9.37 Å². The third kappa shape index (κ3) is 3.27. The number of nitrogens with zero attached hydrogens (tertiary/aromatic N) is 1. The van der Waals surface area contributed by atoms with Crippen molar-refractivity contribution < 1.29 is 13.6 Å². The molecule has 0 saturated heterocycles. The Kier molecular flexibility index (Phi) is 4.34. The highest BCUT2D eigenvalue weighted by atomic mass is 79.9. The molecule has 0 bridgehead atoms. The number of fused-ring (bicyclic) bond motifs is 1. The fraction of sp³-hybridized carbons (Fsp3) is 0.0526. The van der Waals surface area contributed by atoms with Crippen LogP contribution in [0, 0.1) is 12.7 Å². The summed E-state index contributed by atoms with van der Waals surface area (Å²) in [5, 5.41) is 4.07. The highest BCUT2D eigenvalue weighted by Gasteiger charge is 2.16. The smallest absolute Gasteiger partial charge is 0.293 e. The molecule has 130 valence electrons. The van der Waals surface area contributed by atoms with Crippen LogP contribution in [0.2, 0.25) is 0 Å². The third-order valence-electron chi connectivity index (χ3n) is 3.84. The summed E-state index contributed by atoms with van der Waals surface area (Å²) in [6.45, 7) is 1.91. The van der Waals surface area contributed by atoms with E-state index in [4.69, 9.17) is 4.42 Å². The van der Waals surface area contributed by atoms with Crippen molar-refractivity contribution in [1.82, 2.24) is 4.98 Å². The summed E-state index contributed by atoms with van der Waals surface area (Å²) in [5.41, 5.74) is 2.16. The summed E-state index contributed by atoms with van der Waals surface area (Å²) >= 11 is 4.76. The number of carbonyl (C=O) groups excluding carboxylic acids is 1. The van der Waals surface area contributed by atoms with Crippen molar-refractivity contribution in [1.29, 1.82) is 0 Å². The minimum absolute atomic E-state index is 0.217. The number of nitrogens with one attached hydrogen (secondary N) is 1. The van der Waals surface area contributed by atoms with Gasteiger partial charge in [-0.05, 0) is 55.5 Å². The Hall–Kier alpha value is -2.51. The van der Waals surface area contributed by atoms with Crippen LogP contribution >= 0.6 is 27.3 Å². The van der Waals surface area contributed by atoms with Crippen LogP contribution in [0.3, 0.4) is 0 Å². The molecule has 0 aliphatic heterocycles. The van der Waals surface area contributed by atoms with Crippen LogP contribution in [0.15, 0.2) is 57.4 Å². The van der Waals surface area contributed by atoms with Gasteiger partial charge >= 0.3 is 0 Å². The van der Waals surface area contributed by atoms with Gasteiger partial charge in [-0.2, -0.15) is 0 Å². The van der Waals surface area contributed by atoms with Gasteiger partial charge in [-0.1, -0.05) is 15.9 Å². The number of carbonyl (C=O) groups is 1. The molecule has 1 N–H and O–H groups in total. The quantitative estimate of drug-likeness (QED) is 0.432. The number of halogens is 2. The Bertz CT molecular complexity index is 1120. The minimum atomic E-state index is -0.364. The Morgan fingerprint density at radius 3 is 2.73 bits per heavy atom. The molecule has 7 heteroatoms. The largest absolute Gasteiger partial charge is 0.451 e. The number of hydrogen-bond acceptors (Lipinski definition) is 4. The Morgan fingerprint density at radius 2 is 1.96 bits per heavy atom. The molecule has 2 aromatic carbocycles. The van der Waals surface area contributed by atoms with Crippen molar-refractivity contribution in [2.75, 3.05) is 5.32 Å². The zero-order chi connectivity index (χ0) is 18.3. The van der Waals surface area contributed by atoms with Gasteiger partial charge in [0.25, 0.3) is 5.91 Å². The number of aromatic nitrogens is 1. The van der Waals surface area contributed by atoms with Gasteiger partial charge in [0, 0.05) is 20.3 Å². The van der Waals surface area contributed by atoms with E-state index in [1.165, 1.54) is 23.5 Å². The van der Waals surface area contributed by atoms with Crippen LogP contribution < -0.4 is 5.32 Å². The van der Waals surface area contributed by atoms with Crippen LogP contribution in [0.1, 0.15) is 15.4 Å². The number of benzene rings is 2. The van der Waals surface area contributed by atoms with Crippen LogP contribution in [0.4, 0.5) is 9.52 Å². The molecule has 4 nitrogen and oxygen atoms in total. The molecule has 0 radical (unpaired) electrons. The average molecular weight is 431 g/mol. The predicted octanol–water partition coefficient (Wildman–Crippen LogP) is 6.02. The van der Waals surface area contributed by atoms with E-state index in [1.807, 2.05) is 19.1 Å². The molecule has 26 heavy (non-hydrogen) atoms. The molecule has 0 saturated carbocycles. The van der Waals surface area contributed by atoms with Crippen molar-refractivity contribution >= 4 is 49.3 Å². The highest BCUT2D eigenvalue weighted by molar-refractivity contribution is 9.10. The summed E-state index contributed by atoms with van der Waals surface area (Å²) < 4.78 is 19.6. The van der Waals surface area contributed by atoms with Crippen molar-refractivity contribution in [3.8, 4) is 11.3 Å². The lowest BCUT2D eigenvalue weighted by Crippen LogP contribution is -2.10. The Labute approximate surface area is 160 Å². The summed E-state index contributed by atoms with van der Waals surface area (Å²) in [5.74, 6) is -0.447. The maximum atomic E-state index is 13.1. The topological polar surface area (TPSA) is 55.1 Å². The van der Waals surface area contributed by atoms with E-state index in [9.17, 15) is 9.18 Å². The van der Waals surface area contributed by atoms with Gasteiger partial charge in [0.2, 0.25) is 0 Å². The van der Waals surface area contributed by atoms with Crippen molar-refractivity contribution in [3.63, 3.8) is 0 Å². The normalized spacial score (nSPS) is 11.0. The van der Waals surface area contributed by atoms with Crippen molar-refractivity contribution in [2.45, 2.75) is 6.92 Å². The minimum Gasteiger partial charge on any atom is -0.451 e. The zero-order valence-electron chi connectivity index (χ0n) is 13.5. The number of rotatable bonds is 3. The number of aryl methyl sites for hydroxylation is 1. The van der Waals surface area contributed by atoms with Gasteiger partial charge in [-0.3, -0.25) is 10.1 Å². The lowest BCUT2D eigenvalue weighted by Gasteiger charge is -1.98. The van der Waals surface area contributed by atoms with Crippen molar-refractivity contribution in [3.05, 3.63) is 69.5 Å². The second-order valence-corrected chi connectivity index (χ2v) is 7.80. The molecule has 4 aromatic rings. The molecule has 0 fully saturated rings. The van der Waals surface area contributed by atoms with Crippen LogP contribution in [0.5, 0.6) is 0 Å². The second kappa shape index (κ2) is 6.66. The van der Waals surface area contributed by atoms with Crippen LogP contribution in [0.25, 0.3) is 22.2 Å². The first kappa shape index (κ1) is 16.9. The van der Waals surface area contributed by atoms with E-state index < -0.39 is 0 Å². The van der Waals surface area contributed by atoms with E-state index >= 15 is 0 Å². The molecule has 0 aliphatic rings. The maximum absolute atomic E-state index is 13.1. The molecule has 2 heterocycles. The first-order valence-corrected chi connectivity index (χ1v) is 9.34. The molecule has 0 spiro atoms. The Morgan fingerprint density at radius 1 is 1.19 bits per heavy atom. The molecular formula is C19H12BrFN2O2S. The highest BCUT2D eigenvalue weighted by Crippen LogP contribution is 2.31. The first-order valence-electron chi connectivity index (χ1n) is 7.73. The van der Waals surface area contributed by atoms with E-state index in [0.29, 0.717) is 10.7 Å². The third-order valence-corrected chi connectivity index (χ3v) is 5.22. The van der Waals surface area contributed by atoms with Crippen LogP contribution in [-0.2, 0) is 0 Å². The summed E-state index contributed by atoms with van der Waals surface area (Å²) in [4.78, 5) is 17.9. The standard InChI is InChI=1S/C19H12BrFN2O2S/c1-10-17(11-2-5-14(21)6-3-11)22-19(26-10)23-18(24)16-9-12-8-13(20)4-7-15(12)25-16/h2-9H,1H3,(H,22,23,24). The number of amides is 1. The molecule has 0 unspecified atom stereocenters. The molecule has 4 rings (SSSR count). The summed E-state index contributed by atoms with van der Waals surface area (Å²) in [7, 11) is 0. The van der Waals surface area contributed by atoms with Gasteiger partial charge in [-0.15, -0.1) is 11.3 Å². The van der Waals surface area contributed by atoms with E-state index in [0.717, 1.165) is 26.0 Å². The Balaban J connectivity index is 1.59. The summed E-state index contributed by atoms with van der Waals surface area (Å²) in [6, 6.07) is 13.3. The summed E-state index contributed by atoms with van der Waals surface area (Å²) in [6.07, 6.45) is 0. The monoisotopic (exact) mass is 430 g/mol. The number of anilines is 1. The number of furan rings is 1. The number of hydrogen-bond donors (Lipinski definition) is 1. The van der Waals surface area contributed by atoms with E-state index in [1.54, 1.807) is 24.3 Å². The fourth-order valence-electron chi connectivity index (χ4n) is 2.61. The van der Waals surface area contributed by atoms with E-state index in [2.05, 4.69) is 26.2 Å². The lowest BCUT2D eigenvalue weighted by molar-refractivity contribution is 0.0998. The number of thiazole rings is 1. The molecule has 0 aliphatic carbocycles. The fourth-order valence-corrected chi connectivity index (χ4v) is 3.82. The lowest BCUT2D eigenvalue weighted by atomic mass is 10.1. The van der Waals surface area contributed by atoms with Gasteiger partial charge in [0.05, 0.1) is 5.69 Å². The SMILES string of the molecule is Cc1sc(NC(=O)c2cc3cc(Br)ccc3o2)nc1-c1ccc(F)cc1. The maximum Gasteiger partial charge on any atom is 0.293 e. The van der Waals surface area contributed by atoms with E-state index in [-0.39, 0.29) is 17.5 Å². The van der Waals surface area contributed by atoms with Gasteiger partial charge < -0.3 is 4.42 Å². The zero-order valence-corrected chi connectivity index (χ0v) is 15.9. The molecule has 2 aromatic heterocycles.